The minimum atomic E-state index is -0.457. The highest BCUT2D eigenvalue weighted by Crippen LogP contribution is 2.34. The highest BCUT2D eigenvalue weighted by molar-refractivity contribution is 5.97. The fourth-order valence-corrected chi connectivity index (χ4v) is 3.33. The first-order valence-corrected chi connectivity index (χ1v) is 8.66. The highest BCUT2D eigenvalue weighted by atomic mass is 19.1. The summed E-state index contributed by atoms with van der Waals surface area (Å²) in [5.74, 6) is -0.297. The Hall–Kier alpha value is -1.95. The second-order valence-corrected chi connectivity index (χ2v) is 6.82. The van der Waals surface area contributed by atoms with E-state index in [1.165, 1.54) is 12.1 Å². The number of hydrogen-bond acceptors (Lipinski definition) is 3. The lowest BCUT2D eigenvalue weighted by molar-refractivity contribution is -0.121. The number of carbonyl (C=O) groups is 2. The van der Waals surface area contributed by atoms with Crippen molar-refractivity contribution in [2.75, 3.05) is 0 Å². The standard InChI is InChI=1S/C18H24FN3O2/c1-11(17(23)22-18(24)21-14-9-10-14)20-16-4-2-3-15(16)12-5-7-13(19)8-6-12/h5-8,11,14-16,20H,2-4,9-10H2,1H3,(H2,21,22,23,24)/t11-,15-,16-/m0/s1. The van der Waals surface area contributed by atoms with Gasteiger partial charge in [-0.3, -0.25) is 10.1 Å². The zero-order valence-corrected chi connectivity index (χ0v) is 13.8. The monoisotopic (exact) mass is 333 g/mol. The molecule has 3 atom stereocenters. The number of carbonyl (C=O) groups excluding carboxylic acids is 2. The fraction of sp³-hybridized carbons (Fsp3) is 0.556. The predicted molar refractivity (Wildman–Crippen MR) is 89.1 cm³/mol. The van der Waals surface area contributed by atoms with Crippen LogP contribution >= 0.6 is 0 Å². The fourth-order valence-electron chi connectivity index (χ4n) is 3.33. The minimum absolute atomic E-state index is 0.155. The van der Waals surface area contributed by atoms with Gasteiger partial charge in [0.2, 0.25) is 5.91 Å². The topological polar surface area (TPSA) is 70.2 Å². The van der Waals surface area contributed by atoms with Gasteiger partial charge in [0.1, 0.15) is 5.82 Å². The van der Waals surface area contributed by atoms with Gasteiger partial charge in [-0.1, -0.05) is 18.6 Å². The zero-order valence-electron chi connectivity index (χ0n) is 13.8. The Morgan fingerprint density at radius 3 is 2.50 bits per heavy atom. The smallest absolute Gasteiger partial charge is 0.321 e. The van der Waals surface area contributed by atoms with Gasteiger partial charge in [0, 0.05) is 12.1 Å². The summed E-state index contributed by atoms with van der Waals surface area (Å²) in [6.07, 6.45) is 5.01. The van der Waals surface area contributed by atoms with Crippen LogP contribution in [0.3, 0.4) is 0 Å². The molecule has 0 bridgehead atoms. The second kappa shape index (κ2) is 7.30. The molecule has 5 nitrogen and oxygen atoms in total. The number of hydrogen-bond donors (Lipinski definition) is 3. The Balaban J connectivity index is 1.54. The number of rotatable bonds is 5. The van der Waals surface area contributed by atoms with Crippen molar-refractivity contribution in [1.29, 1.82) is 0 Å². The van der Waals surface area contributed by atoms with Crippen molar-refractivity contribution < 1.29 is 14.0 Å². The van der Waals surface area contributed by atoms with E-state index in [0.29, 0.717) is 0 Å². The van der Waals surface area contributed by atoms with E-state index in [2.05, 4.69) is 16.0 Å². The average molecular weight is 333 g/mol. The molecule has 24 heavy (non-hydrogen) atoms. The van der Waals surface area contributed by atoms with Gasteiger partial charge in [-0.15, -0.1) is 0 Å². The van der Waals surface area contributed by atoms with Crippen LogP contribution in [0.5, 0.6) is 0 Å². The van der Waals surface area contributed by atoms with Crippen LogP contribution in [0.15, 0.2) is 24.3 Å². The van der Waals surface area contributed by atoms with E-state index in [1.54, 1.807) is 6.92 Å². The van der Waals surface area contributed by atoms with E-state index in [9.17, 15) is 14.0 Å². The van der Waals surface area contributed by atoms with Crippen molar-refractivity contribution in [3.63, 3.8) is 0 Å². The molecule has 2 saturated carbocycles. The van der Waals surface area contributed by atoms with Crippen LogP contribution in [0.4, 0.5) is 9.18 Å². The maximum absolute atomic E-state index is 13.1. The van der Waals surface area contributed by atoms with Crippen molar-refractivity contribution in [1.82, 2.24) is 16.0 Å². The van der Waals surface area contributed by atoms with Crippen LogP contribution in [0.25, 0.3) is 0 Å². The van der Waals surface area contributed by atoms with Gasteiger partial charge in [-0.2, -0.15) is 0 Å². The highest BCUT2D eigenvalue weighted by Gasteiger charge is 2.31. The predicted octanol–water partition coefficient (Wildman–Crippen LogP) is 2.43. The summed E-state index contributed by atoms with van der Waals surface area (Å²) in [5.41, 5.74) is 1.09. The Bertz CT molecular complexity index is 601. The molecular weight excluding hydrogens is 309 g/mol. The molecule has 0 aromatic heterocycles. The number of imide groups is 1. The summed E-state index contributed by atoms with van der Waals surface area (Å²) in [6.45, 7) is 1.76. The largest absolute Gasteiger partial charge is 0.335 e. The summed E-state index contributed by atoms with van der Waals surface area (Å²) < 4.78 is 13.1. The van der Waals surface area contributed by atoms with Gasteiger partial charge in [-0.25, -0.2) is 9.18 Å². The molecule has 6 heteroatoms. The van der Waals surface area contributed by atoms with Gasteiger partial charge < -0.3 is 10.6 Å². The lowest BCUT2D eigenvalue weighted by atomic mass is 9.93. The number of halogens is 1. The molecule has 1 aromatic carbocycles. The van der Waals surface area contributed by atoms with Gasteiger partial charge in [0.05, 0.1) is 6.04 Å². The normalized spacial score (nSPS) is 24.4. The summed E-state index contributed by atoms with van der Waals surface area (Å²) in [4.78, 5) is 23.8. The molecule has 1 aromatic rings. The van der Waals surface area contributed by atoms with Crippen LogP contribution < -0.4 is 16.0 Å². The van der Waals surface area contributed by atoms with Crippen molar-refractivity contribution >= 4 is 11.9 Å². The van der Waals surface area contributed by atoms with E-state index in [1.807, 2.05) is 12.1 Å². The SMILES string of the molecule is C[C@H](N[C@H]1CCC[C@H]1c1ccc(F)cc1)C(=O)NC(=O)NC1CC1. The van der Waals surface area contributed by atoms with Gasteiger partial charge in [0.25, 0.3) is 0 Å². The summed E-state index contributed by atoms with van der Waals surface area (Å²) in [7, 11) is 0. The quantitative estimate of drug-likeness (QED) is 0.775. The van der Waals surface area contributed by atoms with Gasteiger partial charge in [0.15, 0.2) is 0 Å². The zero-order chi connectivity index (χ0) is 17.1. The minimum Gasteiger partial charge on any atom is -0.335 e. The molecule has 2 aliphatic rings. The first-order valence-electron chi connectivity index (χ1n) is 8.66. The first-order chi connectivity index (χ1) is 11.5. The van der Waals surface area contributed by atoms with Crippen LogP contribution in [0.2, 0.25) is 0 Å². The average Bonchev–Trinajstić information content (AvgIpc) is 3.24. The number of nitrogens with one attached hydrogen (secondary N) is 3. The van der Waals surface area contributed by atoms with E-state index in [-0.39, 0.29) is 29.7 Å². The molecule has 130 valence electrons. The Morgan fingerprint density at radius 2 is 1.83 bits per heavy atom. The van der Waals surface area contributed by atoms with Gasteiger partial charge in [-0.05, 0) is 56.2 Å². The van der Waals surface area contributed by atoms with Crippen LogP contribution in [0, 0.1) is 5.82 Å². The van der Waals surface area contributed by atoms with E-state index < -0.39 is 12.1 Å². The van der Waals surface area contributed by atoms with E-state index in [4.69, 9.17) is 0 Å². The molecule has 3 N–H and O–H groups in total. The summed E-state index contributed by atoms with van der Waals surface area (Å²) in [5, 5.41) is 8.46. The second-order valence-electron chi connectivity index (χ2n) is 6.82. The molecule has 2 aliphatic carbocycles. The van der Waals surface area contributed by atoms with Crippen LogP contribution in [0.1, 0.15) is 50.5 Å². The lowest BCUT2D eigenvalue weighted by Gasteiger charge is -2.25. The number of amides is 3. The number of benzene rings is 1. The molecule has 3 amide bonds. The molecule has 0 heterocycles. The third-order valence-electron chi connectivity index (χ3n) is 4.82. The van der Waals surface area contributed by atoms with E-state index in [0.717, 1.165) is 37.7 Å². The third kappa shape index (κ3) is 4.32. The summed E-state index contributed by atoms with van der Waals surface area (Å²) >= 11 is 0. The molecule has 2 fully saturated rings. The first kappa shape index (κ1) is 16.9. The number of urea groups is 1. The van der Waals surface area contributed by atoms with Crippen molar-refractivity contribution in [3.8, 4) is 0 Å². The van der Waals surface area contributed by atoms with Gasteiger partial charge >= 0.3 is 6.03 Å². The molecule has 0 radical (unpaired) electrons. The Kier molecular flexibility index (Phi) is 5.14. The van der Waals surface area contributed by atoms with Crippen molar-refractivity contribution in [2.45, 2.75) is 63.1 Å². The maximum Gasteiger partial charge on any atom is 0.321 e. The molecule has 0 spiro atoms. The van der Waals surface area contributed by atoms with Crippen LogP contribution in [-0.2, 0) is 4.79 Å². The summed E-state index contributed by atoms with van der Waals surface area (Å²) in [6, 6.07) is 6.08. The Morgan fingerprint density at radius 1 is 1.12 bits per heavy atom. The molecular formula is C18H24FN3O2. The third-order valence-corrected chi connectivity index (χ3v) is 4.82. The molecule has 0 saturated heterocycles. The Labute approximate surface area is 141 Å². The maximum atomic E-state index is 13.1. The van der Waals surface area contributed by atoms with Crippen molar-refractivity contribution in [3.05, 3.63) is 35.6 Å². The molecule has 0 aliphatic heterocycles. The van der Waals surface area contributed by atoms with Crippen LogP contribution in [-0.4, -0.2) is 30.1 Å². The molecule has 3 rings (SSSR count). The molecule has 0 unspecified atom stereocenters. The van der Waals surface area contributed by atoms with E-state index >= 15 is 0 Å². The lowest BCUT2D eigenvalue weighted by Crippen LogP contribution is -2.51. The van der Waals surface area contributed by atoms with Crippen molar-refractivity contribution in [2.24, 2.45) is 0 Å².